The van der Waals surface area contributed by atoms with Gasteiger partial charge in [-0.3, -0.25) is 9.59 Å². The van der Waals surface area contributed by atoms with Gasteiger partial charge in [0.2, 0.25) is 5.91 Å². The predicted molar refractivity (Wildman–Crippen MR) is 212 cm³/mol. The van der Waals surface area contributed by atoms with E-state index in [4.69, 9.17) is 9.47 Å². The molecule has 4 heterocycles. The van der Waals surface area contributed by atoms with Crippen LogP contribution in [-0.2, 0) is 19.1 Å². The summed E-state index contributed by atoms with van der Waals surface area (Å²) in [4.78, 5) is 78.0. The fourth-order valence-corrected chi connectivity index (χ4v) is 6.85. The zero-order chi connectivity index (χ0) is 40.6. The van der Waals surface area contributed by atoms with Crippen LogP contribution in [0, 0.1) is 0 Å². The molecule has 0 spiro atoms. The summed E-state index contributed by atoms with van der Waals surface area (Å²) in [7, 11) is 2.51. The Hall–Kier alpha value is -7.36. The minimum absolute atomic E-state index is 0.234. The van der Waals surface area contributed by atoms with Crippen LogP contribution in [0.4, 0.5) is 9.59 Å². The molecule has 0 unspecified atom stereocenters. The highest BCUT2D eigenvalue weighted by Gasteiger charge is 2.37. The van der Waals surface area contributed by atoms with Crippen LogP contribution < -0.4 is 16.0 Å². The molecule has 0 bridgehead atoms. The summed E-state index contributed by atoms with van der Waals surface area (Å²) in [6.45, 7) is 2.32. The Labute approximate surface area is 333 Å². The summed E-state index contributed by atoms with van der Waals surface area (Å²) in [5, 5.41) is 8.18. The van der Waals surface area contributed by atoms with E-state index >= 15 is 0 Å². The van der Waals surface area contributed by atoms with E-state index in [1.54, 1.807) is 73.0 Å². The number of methoxy groups -OCH3 is 2. The van der Waals surface area contributed by atoms with Gasteiger partial charge in [0.05, 0.1) is 50.1 Å². The lowest BCUT2D eigenvalue weighted by Crippen LogP contribution is -2.42. The molecule has 0 aliphatic carbocycles. The van der Waals surface area contributed by atoms with E-state index in [1.165, 1.54) is 14.2 Å². The summed E-state index contributed by atoms with van der Waals surface area (Å²) in [6, 6.07) is 23.1. The quantitative estimate of drug-likeness (QED) is 0.0984. The fraction of sp³-hybridized carbons (Fsp3) is 0.238. The number of likely N-dealkylation sites (tertiary alicyclic amines) is 1. The van der Waals surface area contributed by atoms with Crippen molar-refractivity contribution < 1.29 is 28.7 Å². The maximum atomic E-state index is 13.9. The van der Waals surface area contributed by atoms with Crippen molar-refractivity contribution in [2.75, 3.05) is 20.8 Å². The highest BCUT2D eigenvalue weighted by atomic mass is 16.5. The topological polar surface area (TPSA) is 209 Å². The van der Waals surface area contributed by atoms with Gasteiger partial charge < -0.3 is 40.3 Å². The van der Waals surface area contributed by atoms with Crippen molar-refractivity contribution in [3.05, 3.63) is 132 Å². The average molecular weight is 783 g/mol. The Bertz CT molecular complexity index is 2350. The number of amides is 4. The highest BCUT2D eigenvalue weighted by molar-refractivity contribution is 5.88. The van der Waals surface area contributed by atoms with E-state index in [9.17, 15) is 19.2 Å². The van der Waals surface area contributed by atoms with E-state index in [-0.39, 0.29) is 11.9 Å². The van der Waals surface area contributed by atoms with Gasteiger partial charge in [0.15, 0.2) is 5.82 Å². The number of imidazole rings is 2. The number of ether oxygens (including phenoxy) is 2. The molecule has 296 valence electrons. The molecule has 1 aliphatic rings. The summed E-state index contributed by atoms with van der Waals surface area (Å²) >= 11 is 0. The van der Waals surface area contributed by atoms with Gasteiger partial charge in [-0.1, -0.05) is 84.9 Å². The Morgan fingerprint density at radius 2 is 1.24 bits per heavy atom. The van der Waals surface area contributed by atoms with Crippen LogP contribution in [-0.4, -0.2) is 79.6 Å². The number of alkyl carbamates (subject to hydrolysis) is 2. The molecule has 4 atom stereocenters. The van der Waals surface area contributed by atoms with E-state index in [0.717, 1.165) is 29.7 Å². The normalized spacial score (nSPS) is 15.2. The molecule has 1 fully saturated rings. The zero-order valence-corrected chi connectivity index (χ0v) is 32.0. The van der Waals surface area contributed by atoms with Gasteiger partial charge >= 0.3 is 12.2 Å². The van der Waals surface area contributed by atoms with Gasteiger partial charge in [-0.15, -0.1) is 0 Å². The SMILES string of the molecule is COC(=O)N[C@@H](C(=O)N[C@@H](C)c1ncc(-c2cnc(-c3ccc(-c4cnc([C@@H]5CCCN5C(=O)[C@H](NC(=O)OC)c5ccccc5)[nH]4)cc3)nc2)[nH]1)c1ccccc1. The van der Waals surface area contributed by atoms with Crippen molar-refractivity contribution in [2.45, 2.75) is 43.9 Å². The molecule has 0 radical (unpaired) electrons. The first-order valence-electron chi connectivity index (χ1n) is 18.6. The second-order valence-electron chi connectivity index (χ2n) is 13.6. The van der Waals surface area contributed by atoms with Crippen LogP contribution >= 0.6 is 0 Å². The summed E-state index contributed by atoms with van der Waals surface area (Å²) < 4.78 is 9.53. The lowest BCUT2D eigenvalue weighted by atomic mass is 10.1. The van der Waals surface area contributed by atoms with Crippen molar-refractivity contribution in [2.24, 2.45) is 0 Å². The molecule has 4 amide bonds. The van der Waals surface area contributed by atoms with Crippen molar-refractivity contribution in [1.29, 1.82) is 0 Å². The predicted octanol–water partition coefficient (Wildman–Crippen LogP) is 5.96. The lowest BCUT2D eigenvalue weighted by molar-refractivity contribution is -0.134. The van der Waals surface area contributed by atoms with Gasteiger partial charge in [-0.05, 0) is 36.5 Å². The Morgan fingerprint density at radius 3 is 1.88 bits per heavy atom. The maximum Gasteiger partial charge on any atom is 0.407 e. The van der Waals surface area contributed by atoms with Crippen molar-refractivity contribution in [3.63, 3.8) is 0 Å². The van der Waals surface area contributed by atoms with Crippen molar-refractivity contribution in [3.8, 4) is 33.9 Å². The van der Waals surface area contributed by atoms with Gasteiger partial charge in [-0.2, -0.15) is 0 Å². The molecule has 0 saturated carbocycles. The third kappa shape index (κ3) is 8.70. The van der Waals surface area contributed by atoms with Crippen LogP contribution in [0.3, 0.4) is 0 Å². The monoisotopic (exact) mass is 782 g/mol. The van der Waals surface area contributed by atoms with Gasteiger partial charge in [0, 0.05) is 30.1 Å². The van der Waals surface area contributed by atoms with E-state index < -0.39 is 36.2 Å². The molecular formula is C42H42N10O6. The van der Waals surface area contributed by atoms with Crippen molar-refractivity contribution in [1.82, 2.24) is 50.8 Å². The number of aromatic nitrogens is 6. The second-order valence-corrected chi connectivity index (χ2v) is 13.6. The minimum atomic E-state index is -0.963. The number of nitrogens with zero attached hydrogens (tertiary/aromatic N) is 5. The number of hydrogen-bond acceptors (Lipinski definition) is 10. The zero-order valence-electron chi connectivity index (χ0n) is 32.0. The van der Waals surface area contributed by atoms with Crippen LogP contribution in [0.5, 0.6) is 0 Å². The smallest absolute Gasteiger partial charge is 0.407 e. The van der Waals surface area contributed by atoms with Crippen LogP contribution in [0.15, 0.2) is 110 Å². The molecule has 1 saturated heterocycles. The Kier molecular flexibility index (Phi) is 11.8. The number of carbonyl (C=O) groups is 4. The van der Waals surface area contributed by atoms with E-state index in [1.807, 2.05) is 48.5 Å². The van der Waals surface area contributed by atoms with Gasteiger partial charge in [-0.25, -0.2) is 29.5 Å². The Morgan fingerprint density at radius 1 is 0.672 bits per heavy atom. The number of rotatable bonds is 12. The molecule has 5 N–H and O–H groups in total. The van der Waals surface area contributed by atoms with E-state index in [0.29, 0.717) is 46.4 Å². The molecule has 1 aliphatic heterocycles. The molecule has 7 rings (SSSR count). The minimum Gasteiger partial charge on any atom is -0.453 e. The molecule has 16 heteroatoms. The number of hydrogen-bond donors (Lipinski definition) is 5. The van der Waals surface area contributed by atoms with Crippen LogP contribution in [0.2, 0.25) is 0 Å². The summed E-state index contributed by atoms with van der Waals surface area (Å²) in [5.41, 5.74) is 5.13. The van der Waals surface area contributed by atoms with E-state index in [2.05, 4.69) is 45.9 Å². The maximum absolute atomic E-state index is 13.9. The third-order valence-electron chi connectivity index (χ3n) is 9.90. The first-order valence-corrected chi connectivity index (χ1v) is 18.6. The highest BCUT2D eigenvalue weighted by Crippen LogP contribution is 2.34. The standard InChI is InChI=1S/C42H42N10O6/c1-25(47-39(53)34(50-41(55)57-2)27-11-6-4-7-12-27)36-45-24-32(48-36)30-21-43-37(44-22-30)29-18-16-26(17-19-29)31-23-46-38(49-31)33-15-10-20-52(33)40(54)35(51-42(56)58-3)28-13-8-5-9-14-28/h4-9,11-14,16-19,21-25,33-35H,10,15,20H2,1-3H3,(H,45,48)(H,46,49)(H,47,53)(H,50,55)(H,51,56)/t25-,33-,34+,35+/m0/s1. The largest absolute Gasteiger partial charge is 0.453 e. The molecule has 6 aromatic rings. The van der Waals surface area contributed by atoms with Crippen LogP contribution in [0.25, 0.3) is 33.9 Å². The Balaban J connectivity index is 0.990. The molecule has 58 heavy (non-hydrogen) atoms. The number of nitrogens with one attached hydrogen (secondary N) is 5. The fourth-order valence-electron chi connectivity index (χ4n) is 6.85. The van der Waals surface area contributed by atoms with Crippen molar-refractivity contribution >= 4 is 24.0 Å². The van der Waals surface area contributed by atoms with Crippen LogP contribution in [0.1, 0.15) is 66.7 Å². The summed E-state index contributed by atoms with van der Waals surface area (Å²) in [5.74, 6) is 1.04. The number of benzene rings is 3. The molecule has 3 aromatic carbocycles. The van der Waals surface area contributed by atoms with Gasteiger partial charge in [0.1, 0.15) is 23.7 Å². The molecule has 3 aromatic heterocycles. The first-order chi connectivity index (χ1) is 28.2. The molecule has 16 nitrogen and oxygen atoms in total. The second kappa shape index (κ2) is 17.6. The number of carbonyl (C=O) groups excluding carboxylic acids is 4. The number of aromatic amines is 2. The van der Waals surface area contributed by atoms with Gasteiger partial charge in [0.25, 0.3) is 5.91 Å². The lowest BCUT2D eigenvalue weighted by Gasteiger charge is -2.28. The average Bonchev–Trinajstić information content (AvgIpc) is 4.07. The molecular weight excluding hydrogens is 741 g/mol. The summed E-state index contributed by atoms with van der Waals surface area (Å²) in [6.07, 6.45) is 6.91. The third-order valence-corrected chi connectivity index (χ3v) is 9.90. The number of H-pyrrole nitrogens is 2. The first kappa shape index (κ1) is 38.9.